The standard InChI is InChI=1S/C14H13F5N2/c15-9-5-11-12(6-10(9)16)21-13(20-11)7-3-1-2-4-8(7)14(17,18)19/h5-8H,1-4H2,(H,20,21). The molecule has 2 atom stereocenters. The maximum absolute atomic E-state index is 13.2. The molecule has 1 fully saturated rings. The summed E-state index contributed by atoms with van der Waals surface area (Å²) in [5.41, 5.74) is 0.366. The lowest BCUT2D eigenvalue weighted by Crippen LogP contribution is -2.32. The van der Waals surface area contributed by atoms with Gasteiger partial charge in [0.1, 0.15) is 5.82 Å². The Bertz CT molecular complexity index is 622. The van der Waals surface area contributed by atoms with E-state index in [9.17, 15) is 22.0 Å². The molecule has 2 nitrogen and oxygen atoms in total. The average molecular weight is 304 g/mol. The number of nitrogens with zero attached hydrogens (tertiary/aromatic N) is 1. The van der Waals surface area contributed by atoms with Crippen molar-refractivity contribution in [3.8, 4) is 0 Å². The van der Waals surface area contributed by atoms with Crippen LogP contribution in [0.1, 0.15) is 37.4 Å². The van der Waals surface area contributed by atoms with Crippen molar-refractivity contribution >= 4 is 11.0 Å². The predicted molar refractivity (Wildman–Crippen MR) is 66.8 cm³/mol. The molecule has 1 N–H and O–H groups in total. The molecule has 2 aromatic rings. The summed E-state index contributed by atoms with van der Waals surface area (Å²) in [6.07, 6.45) is -2.63. The minimum Gasteiger partial charge on any atom is -0.342 e. The summed E-state index contributed by atoms with van der Waals surface area (Å²) >= 11 is 0. The van der Waals surface area contributed by atoms with Crippen LogP contribution in [0, 0.1) is 17.6 Å². The van der Waals surface area contributed by atoms with Gasteiger partial charge in [0.05, 0.1) is 17.0 Å². The van der Waals surface area contributed by atoms with Crippen LogP contribution in [0.25, 0.3) is 11.0 Å². The fourth-order valence-corrected chi connectivity index (χ4v) is 3.05. The Balaban J connectivity index is 2.01. The molecule has 0 spiro atoms. The number of rotatable bonds is 1. The lowest BCUT2D eigenvalue weighted by Gasteiger charge is -2.31. The summed E-state index contributed by atoms with van der Waals surface area (Å²) in [5, 5.41) is 0. The molecule has 0 radical (unpaired) electrons. The van der Waals surface area contributed by atoms with E-state index in [-0.39, 0.29) is 23.3 Å². The zero-order valence-corrected chi connectivity index (χ0v) is 11.0. The summed E-state index contributed by atoms with van der Waals surface area (Å²) < 4.78 is 65.6. The third-order valence-electron chi connectivity index (χ3n) is 4.08. The number of benzene rings is 1. The smallest absolute Gasteiger partial charge is 0.342 e. The third kappa shape index (κ3) is 2.61. The molecule has 0 aliphatic heterocycles. The molecule has 0 saturated heterocycles. The van der Waals surface area contributed by atoms with Crippen molar-refractivity contribution in [2.75, 3.05) is 0 Å². The Kier molecular flexibility index (Phi) is 3.37. The summed E-state index contributed by atoms with van der Waals surface area (Å²) in [7, 11) is 0. The van der Waals surface area contributed by atoms with Gasteiger partial charge in [-0.05, 0) is 12.8 Å². The molecular formula is C14H13F5N2. The largest absolute Gasteiger partial charge is 0.392 e. The SMILES string of the molecule is Fc1cc2nc(C3CCCCC3C(F)(F)F)[nH]c2cc1F. The molecule has 1 aliphatic carbocycles. The van der Waals surface area contributed by atoms with Gasteiger partial charge in [0.25, 0.3) is 0 Å². The van der Waals surface area contributed by atoms with E-state index in [1.165, 1.54) is 0 Å². The monoisotopic (exact) mass is 304 g/mol. The first-order valence-electron chi connectivity index (χ1n) is 6.77. The van der Waals surface area contributed by atoms with E-state index in [0.717, 1.165) is 12.1 Å². The zero-order chi connectivity index (χ0) is 15.2. The van der Waals surface area contributed by atoms with Crippen molar-refractivity contribution in [1.82, 2.24) is 9.97 Å². The number of fused-ring (bicyclic) bond motifs is 1. The van der Waals surface area contributed by atoms with Gasteiger partial charge >= 0.3 is 6.18 Å². The number of alkyl halides is 3. The van der Waals surface area contributed by atoms with E-state index in [1.807, 2.05) is 0 Å². The second kappa shape index (κ2) is 4.96. The highest BCUT2D eigenvalue weighted by Gasteiger charge is 2.46. The number of aromatic nitrogens is 2. The number of imidazole rings is 1. The number of hydrogen-bond acceptors (Lipinski definition) is 1. The van der Waals surface area contributed by atoms with Crippen LogP contribution >= 0.6 is 0 Å². The Morgan fingerprint density at radius 3 is 2.43 bits per heavy atom. The van der Waals surface area contributed by atoms with Crippen LogP contribution in [0.15, 0.2) is 12.1 Å². The Labute approximate surface area is 117 Å². The first-order valence-corrected chi connectivity index (χ1v) is 6.77. The number of nitrogens with one attached hydrogen (secondary N) is 1. The van der Waals surface area contributed by atoms with Crippen LogP contribution in [-0.2, 0) is 0 Å². The highest BCUT2D eigenvalue weighted by molar-refractivity contribution is 5.75. The van der Waals surface area contributed by atoms with Crippen LogP contribution in [0.5, 0.6) is 0 Å². The Morgan fingerprint density at radius 2 is 1.71 bits per heavy atom. The van der Waals surface area contributed by atoms with Gasteiger partial charge in [-0.2, -0.15) is 13.2 Å². The van der Waals surface area contributed by atoms with Crippen molar-refractivity contribution < 1.29 is 22.0 Å². The lowest BCUT2D eigenvalue weighted by molar-refractivity contribution is -0.187. The van der Waals surface area contributed by atoms with Gasteiger partial charge in [-0.15, -0.1) is 0 Å². The molecule has 7 heteroatoms. The molecule has 114 valence electrons. The maximum atomic E-state index is 13.2. The average Bonchev–Trinajstić information content (AvgIpc) is 2.81. The Morgan fingerprint density at radius 1 is 1.05 bits per heavy atom. The normalized spacial score (nSPS) is 23.7. The van der Waals surface area contributed by atoms with E-state index < -0.39 is 29.6 Å². The van der Waals surface area contributed by atoms with Gasteiger partial charge in [-0.3, -0.25) is 0 Å². The molecule has 0 amide bonds. The predicted octanol–water partition coefficient (Wildman–Crippen LogP) is 4.68. The van der Waals surface area contributed by atoms with Crippen LogP contribution in [0.4, 0.5) is 22.0 Å². The van der Waals surface area contributed by atoms with Crippen molar-refractivity contribution in [3.63, 3.8) is 0 Å². The second-order valence-corrected chi connectivity index (χ2v) is 5.44. The molecular weight excluding hydrogens is 291 g/mol. The summed E-state index contributed by atoms with van der Waals surface area (Å²) in [5.74, 6) is -4.18. The molecule has 1 aromatic carbocycles. The van der Waals surface area contributed by atoms with E-state index in [2.05, 4.69) is 9.97 Å². The molecule has 3 rings (SSSR count). The van der Waals surface area contributed by atoms with Gasteiger partial charge in [0, 0.05) is 18.1 Å². The van der Waals surface area contributed by atoms with Crippen LogP contribution in [0.2, 0.25) is 0 Å². The molecule has 1 aliphatic rings. The lowest BCUT2D eigenvalue weighted by atomic mass is 9.78. The molecule has 0 bridgehead atoms. The van der Waals surface area contributed by atoms with E-state index >= 15 is 0 Å². The molecule has 21 heavy (non-hydrogen) atoms. The summed E-state index contributed by atoms with van der Waals surface area (Å²) in [6, 6.07) is 1.82. The molecule has 1 aromatic heterocycles. The van der Waals surface area contributed by atoms with E-state index in [0.29, 0.717) is 19.3 Å². The summed E-state index contributed by atoms with van der Waals surface area (Å²) in [4.78, 5) is 6.76. The maximum Gasteiger partial charge on any atom is 0.392 e. The number of H-pyrrole nitrogens is 1. The highest BCUT2D eigenvalue weighted by Crippen LogP contribution is 2.45. The van der Waals surface area contributed by atoms with Gasteiger partial charge < -0.3 is 4.98 Å². The Hall–Kier alpha value is -1.66. The first-order chi connectivity index (χ1) is 9.86. The minimum absolute atomic E-state index is 0.0634. The summed E-state index contributed by atoms with van der Waals surface area (Å²) in [6.45, 7) is 0. The number of aromatic amines is 1. The fourth-order valence-electron chi connectivity index (χ4n) is 3.05. The molecule has 2 unspecified atom stereocenters. The van der Waals surface area contributed by atoms with E-state index in [4.69, 9.17) is 0 Å². The van der Waals surface area contributed by atoms with Crippen molar-refractivity contribution in [3.05, 3.63) is 29.6 Å². The van der Waals surface area contributed by atoms with Crippen molar-refractivity contribution in [2.24, 2.45) is 5.92 Å². The zero-order valence-electron chi connectivity index (χ0n) is 11.0. The van der Waals surface area contributed by atoms with Gasteiger partial charge in [-0.1, -0.05) is 12.8 Å². The number of halogens is 5. The van der Waals surface area contributed by atoms with Gasteiger partial charge in [0.2, 0.25) is 0 Å². The first kappa shape index (κ1) is 14.3. The van der Waals surface area contributed by atoms with Crippen LogP contribution in [0.3, 0.4) is 0 Å². The second-order valence-electron chi connectivity index (χ2n) is 5.44. The van der Waals surface area contributed by atoms with Crippen LogP contribution < -0.4 is 0 Å². The van der Waals surface area contributed by atoms with Crippen molar-refractivity contribution in [1.29, 1.82) is 0 Å². The highest BCUT2D eigenvalue weighted by atomic mass is 19.4. The third-order valence-corrected chi connectivity index (χ3v) is 4.08. The van der Waals surface area contributed by atoms with Gasteiger partial charge in [0.15, 0.2) is 11.6 Å². The minimum atomic E-state index is -4.29. The quantitative estimate of drug-likeness (QED) is 0.762. The molecule has 1 heterocycles. The fraction of sp³-hybridized carbons (Fsp3) is 0.500. The molecule has 1 saturated carbocycles. The van der Waals surface area contributed by atoms with Crippen LogP contribution in [-0.4, -0.2) is 16.1 Å². The topological polar surface area (TPSA) is 28.7 Å². The van der Waals surface area contributed by atoms with Gasteiger partial charge in [-0.25, -0.2) is 13.8 Å². The number of hydrogen-bond donors (Lipinski definition) is 1. The van der Waals surface area contributed by atoms with Crippen molar-refractivity contribution in [2.45, 2.75) is 37.8 Å². The van der Waals surface area contributed by atoms with E-state index in [1.54, 1.807) is 0 Å².